The summed E-state index contributed by atoms with van der Waals surface area (Å²) in [6.07, 6.45) is 1.66. The first-order chi connectivity index (χ1) is 15.0. The Morgan fingerprint density at radius 3 is 2.52 bits per heavy atom. The molecule has 0 radical (unpaired) electrons. The van der Waals surface area contributed by atoms with Gasteiger partial charge >= 0.3 is 0 Å². The number of hydrogen-bond acceptors (Lipinski definition) is 4. The number of amides is 1. The quantitative estimate of drug-likeness (QED) is 0.590. The summed E-state index contributed by atoms with van der Waals surface area (Å²) in [5.74, 6) is -0.0817. The van der Waals surface area contributed by atoms with Crippen molar-refractivity contribution in [1.82, 2.24) is 14.7 Å². The number of carbonyl (C=O) groups is 1. The number of rotatable bonds is 5. The van der Waals surface area contributed by atoms with Crippen LogP contribution in [0.1, 0.15) is 23.0 Å². The Bertz CT molecular complexity index is 1080. The maximum absolute atomic E-state index is 13.3. The molecule has 8 heteroatoms. The smallest absolute Gasteiger partial charge is 0.278 e. The molecular formula is C23H24ClFN4O2. The van der Waals surface area contributed by atoms with Crippen LogP contribution in [0.3, 0.4) is 0 Å². The Labute approximate surface area is 185 Å². The van der Waals surface area contributed by atoms with E-state index < -0.39 is 0 Å². The molecule has 3 aromatic rings. The van der Waals surface area contributed by atoms with E-state index in [1.165, 1.54) is 12.1 Å². The Morgan fingerprint density at radius 1 is 1.13 bits per heavy atom. The van der Waals surface area contributed by atoms with E-state index in [-0.39, 0.29) is 17.4 Å². The zero-order valence-corrected chi connectivity index (χ0v) is 18.3. The van der Waals surface area contributed by atoms with Crippen LogP contribution in [0.2, 0.25) is 5.02 Å². The predicted octanol–water partition coefficient (Wildman–Crippen LogP) is 4.33. The van der Waals surface area contributed by atoms with Crippen molar-refractivity contribution >= 4 is 23.2 Å². The van der Waals surface area contributed by atoms with E-state index in [1.807, 2.05) is 25.1 Å². The maximum Gasteiger partial charge on any atom is 0.278 e. The van der Waals surface area contributed by atoms with Crippen molar-refractivity contribution in [3.05, 3.63) is 70.8 Å². The molecule has 162 valence electrons. The van der Waals surface area contributed by atoms with Crippen LogP contribution in [0.25, 0.3) is 5.69 Å². The third-order valence-electron chi connectivity index (χ3n) is 5.35. The Kier molecular flexibility index (Phi) is 6.13. The van der Waals surface area contributed by atoms with Gasteiger partial charge in [0, 0.05) is 36.9 Å². The molecule has 2 aromatic carbocycles. The molecule has 2 heterocycles. The summed E-state index contributed by atoms with van der Waals surface area (Å²) in [6, 6.07) is 11.8. The minimum absolute atomic E-state index is 0.174. The number of anilines is 1. The van der Waals surface area contributed by atoms with Crippen molar-refractivity contribution < 1.29 is 13.9 Å². The van der Waals surface area contributed by atoms with Crippen LogP contribution in [-0.2, 0) is 0 Å². The van der Waals surface area contributed by atoms with Gasteiger partial charge in [0.05, 0.1) is 18.5 Å². The van der Waals surface area contributed by atoms with E-state index in [4.69, 9.17) is 16.3 Å². The molecule has 0 aliphatic carbocycles. The monoisotopic (exact) mass is 442 g/mol. The van der Waals surface area contributed by atoms with Crippen molar-refractivity contribution in [2.45, 2.75) is 13.8 Å². The average molecular weight is 443 g/mol. The molecule has 0 N–H and O–H groups in total. The van der Waals surface area contributed by atoms with Gasteiger partial charge in [0.1, 0.15) is 5.82 Å². The fourth-order valence-corrected chi connectivity index (χ4v) is 3.88. The Hall–Kier alpha value is -3.06. The third-order valence-corrected chi connectivity index (χ3v) is 5.59. The van der Waals surface area contributed by atoms with Crippen molar-refractivity contribution in [1.29, 1.82) is 0 Å². The van der Waals surface area contributed by atoms with Gasteiger partial charge in [0.25, 0.3) is 5.91 Å². The molecule has 1 fully saturated rings. The van der Waals surface area contributed by atoms with Crippen LogP contribution in [0.15, 0.2) is 48.7 Å². The summed E-state index contributed by atoms with van der Waals surface area (Å²) in [7, 11) is 0. The first-order valence-corrected chi connectivity index (χ1v) is 10.6. The first-order valence-electron chi connectivity index (χ1n) is 10.2. The number of aromatic nitrogens is 2. The zero-order chi connectivity index (χ0) is 22.0. The lowest BCUT2D eigenvalue weighted by Gasteiger charge is -2.36. The molecule has 0 unspecified atom stereocenters. The number of hydrogen-bond donors (Lipinski definition) is 0. The molecule has 6 nitrogen and oxygen atoms in total. The number of aryl methyl sites for hydroxylation is 1. The van der Waals surface area contributed by atoms with Crippen molar-refractivity contribution in [2.75, 3.05) is 37.7 Å². The molecule has 1 aromatic heterocycles. The molecule has 1 aliphatic heterocycles. The van der Waals surface area contributed by atoms with E-state index >= 15 is 0 Å². The second-order valence-electron chi connectivity index (χ2n) is 7.41. The second-order valence-corrected chi connectivity index (χ2v) is 7.84. The van der Waals surface area contributed by atoms with Gasteiger partial charge in [-0.3, -0.25) is 4.79 Å². The average Bonchev–Trinajstić information content (AvgIpc) is 3.20. The number of ether oxygens (including phenoxy) is 1. The molecule has 0 saturated carbocycles. The van der Waals surface area contributed by atoms with Crippen LogP contribution in [0, 0.1) is 12.7 Å². The highest BCUT2D eigenvalue weighted by atomic mass is 35.5. The lowest BCUT2D eigenvalue weighted by Crippen LogP contribution is -2.49. The van der Waals surface area contributed by atoms with Gasteiger partial charge in [-0.2, -0.15) is 5.10 Å². The molecule has 0 spiro atoms. The lowest BCUT2D eigenvalue weighted by atomic mass is 10.1. The fraction of sp³-hybridized carbons (Fsp3) is 0.304. The SMILES string of the molecule is CCOc1cn(-c2ccc(F)cc2)nc1C(=O)N1CCN(c2cc(Cl)ccc2C)CC1. The first kappa shape index (κ1) is 21.2. The standard InChI is InChI=1S/C23H24ClFN4O2/c1-3-31-21-15-29(19-8-6-18(25)7-9-19)26-22(21)23(30)28-12-10-27(11-13-28)20-14-17(24)5-4-16(20)2/h4-9,14-15H,3,10-13H2,1-2H3. The van der Waals surface area contributed by atoms with Crippen molar-refractivity contribution in [2.24, 2.45) is 0 Å². The number of piperazine rings is 1. The molecule has 0 bridgehead atoms. The molecule has 31 heavy (non-hydrogen) atoms. The van der Waals surface area contributed by atoms with Gasteiger partial charge < -0.3 is 14.5 Å². The van der Waals surface area contributed by atoms with Crippen LogP contribution in [0.4, 0.5) is 10.1 Å². The minimum Gasteiger partial charge on any atom is -0.490 e. The molecule has 1 amide bonds. The van der Waals surface area contributed by atoms with Crippen molar-refractivity contribution in [3.63, 3.8) is 0 Å². The summed E-state index contributed by atoms with van der Waals surface area (Å²) in [4.78, 5) is 17.3. The molecule has 1 aliphatic rings. The zero-order valence-electron chi connectivity index (χ0n) is 17.5. The number of benzene rings is 2. The highest BCUT2D eigenvalue weighted by Crippen LogP contribution is 2.27. The molecular weight excluding hydrogens is 419 g/mol. The van der Waals surface area contributed by atoms with Gasteiger partial charge in [0.2, 0.25) is 0 Å². The Balaban J connectivity index is 1.52. The van der Waals surface area contributed by atoms with Gasteiger partial charge in [-0.15, -0.1) is 0 Å². The number of halogens is 2. The van der Waals surface area contributed by atoms with Gasteiger partial charge in [-0.05, 0) is 55.8 Å². The second kappa shape index (κ2) is 8.98. The Morgan fingerprint density at radius 2 is 1.84 bits per heavy atom. The van der Waals surface area contributed by atoms with Crippen LogP contribution < -0.4 is 9.64 Å². The van der Waals surface area contributed by atoms with Gasteiger partial charge in [-0.25, -0.2) is 9.07 Å². The molecule has 0 atom stereocenters. The largest absolute Gasteiger partial charge is 0.490 e. The topological polar surface area (TPSA) is 50.6 Å². The lowest BCUT2D eigenvalue weighted by molar-refractivity contribution is 0.0736. The predicted molar refractivity (Wildman–Crippen MR) is 119 cm³/mol. The summed E-state index contributed by atoms with van der Waals surface area (Å²) in [5.41, 5.74) is 3.16. The van der Waals surface area contributed by atoms with Crippen LogP contribution in [-0.4, -0.2) is 53.4 Å². The van der Waals surface area contributed by atoms with E-state index in [1.54, 1.807) is 27.9 Å². The third kappa shape index (κ3) is 4.51. The van der Waals surface area contributed by atoms with E-state index in [9.17, 15) is 9.18 Å². The maximum atomic E-state index is 13.3. The molecule has 1 saturated heterocycles. The van der Waals surface area contributed by atoms with E-state index in [2.05, 4.69) is 16.9 Å². The number of carbonyl (C=O) groups excluding carboxylic acids is 1. The normalized spacial score (nSPS) is 14.1. The summed E-state index contributed by atoms with van der Waals surface area (Å²) >= 11 is 6.17. The van der Waals surface area contributed by atoms with Gasteiger partial charge in [0.15, 0.2) is 11.4 Å². The summed E-state index contributed by atoms with van der Waals surface area (Å²) in [6.45, 7) is 6.87. The highest BCUT2D eigenvalue weighted by Gasteiger charge is 2.28. The van der Waals surface area contributed by atoms with Crippen molar-refractivity contribution in [3.8, 4) is 11.4 Å². The van der Waals surface area contributed by atoms with Crippen LogP contribution >= 0.6 is 11.6 Å². The number of nitrogens with zero attached hydrogens (tertiary/aromatic N) is 4. The molecule has 4 rings (SSSR count). The fourth-order valence-electron chi connectivity index (χ4n) is 3.72. The van der Waals surface area contributed by atoms with E-state index in [0.29, 0.717) is 49.2 Å². The van der Waals surface area contributed by atoms with Crippen LogP contribution in [0.5, 0.6) is 5.75 Å². The summed E-state index contributed by atoms with van der Waals surface area (Å²) < 4.78 is 20.5. The minimum atomic E-state index is -0.329. The van der Waals surface area contributed by atoms with Gasteiger partial charge in [-0.1, -0.05) is 17.7 Å². The highest BCUT2D eigenvalue weighted by molar-refractivity contribution is 6.30. The van der Waals surface area contributed by atoms with E-state index in [0.717, 1.165) is 11.3 Å². The summed E-state index contributed by atoms with van der Waals surface area (Å²) in [5, 5.41) is 5.15.